The number of carbonyl (C=O) groups excluding carboxylic acids is 1. The molecule has 4 nitrogen and oxygen atoms in total. The van der Waals surface area contributed by atoms with Crippen LogP contribution in [0.1, 0.15) is 30.9 Å². The van der Waals surface area contributed by atoms with E-state index in [0.717, 1.165) is 44.5 Å². The van der Waals surface area contributed by atoms with Crippen LogP contribution in [-0.4, -0.2) is 44.2 Å². The maximum Gasteiger partial charge on any atom is 0.309 e. The molecule has 0 radical (unpaired) electrons. The molecule has 1 saturated heterocycles. The fourth-order valence-corrected chi connectivity index (χ4v) is 4.34. The van der Waals surface area contributed by atoms with Gasteiger partial charge in [0, 0.05) is 12.6 Å². The Kier molecular flexibility index (Phi) is 4.90. The van der Waals surface area contributed by atoms with Gasteiger partial charge >= 0.3 is 5.97 Å². The first-order chi connectivity index (χ1) is 11.2. The Morgan fingerprint density at radius 3 is 2.78 bits per heavy atom. The van der Waals surface area contributed by atoms with E-state index in [9.17, 15) is 4.79 Å². The van der Waals surface area contributed by atoms with E-state index < -0.39 is 0 Å². The SMILES string of the molecule is CCCN1CC(C(=O)OC)CC2Cc3cc(OC)ccc3CC21. The molecule has 3 rings (SSSR count). The third-order valence-electron chi connectivity index (χ3n) is 5.43. The highest BCUT2D eigenvalue weighted by Crippen LogP contribution is 2.38. The lowest BCUT2D eigenvalue weighted by Crippen LogP contribution is -2.53. The Morgan fingerprint density at radius 2 is 2.09 bits per heavy atom. The molecule has 0 aromatic heterocycles. The Balaban J connectivity index is 1.85. The van der Waals surface area contributed by atoms with Crippen LogP contribution in [0.2, 0.25) is 0 Å². The van der Waals surface area contributed by atoms with Crippen molar-refractivity contribution >= 4 is 5.97 Å². The summed E-state index contributed by atoms with van der Waals surface area (Å²) in [6, 6.07) is 6.98. The van der Waals surface area contributed by atoms with E-state index >= 15 is 0 Å². The zero-order valence-corrected chi connectivity index (χ0v) is 14.4. The summed E-state index contributed by atoms with van der Waals surface area (Å²) in [7, 11) is 3.21. The van der Waals surface area contributed by atoms with Crippen LogP contribution in [0.15, 0.2) is 18.2 Å². The third kappa shape index (κ3) is 3.23. The summed E-state index contributed by atoms with van der Waals surface area (Å²) in [4.78, 5) is 14.6. The molecule has 1 fully saturated rings. The van der Waals surface area contributed by atoms with Crippen molar-refractivity contribution in [2.24, 2.45) is 11.8 Å². The van der Waals surface area contributed by atoms with Crippen molar-refractivity contribution in [1.82, 2.24) is 4.90 Å². The maximum atomic E-state index is 12.1. The minimum Gasteiger partial charge on any atom is -0.497 e. The van der Waals surface area contributed by atoms with Gasteiger partial charge in [0.05, 0.1) is 20.1 Å². The highest BCUT2D eigenvalue weighted by molar-refractivity contribution is 5.72. The summed E-state index contributed by atoms with van der Waals surface area (Å²) >= 11 is 0. The molecule has 0 amide bonds. The average molecular weight is 317 g/mol. The second-order valence-electron chi connectivity index (χ2n) is 6.82. The molecule has 126 valence electrons. The number of ether oxygens (including phenoxy) is 2. The standard InChI is InChI=1S/C19H27NO3/c1-4-7-20-12-16(19(21)23-3)9-15-8-14-10-17(22-2)6-5-13(14)11-18(15)20/h5-6,10,15-16,18H,4,7-9,11-12H2,1-3H3. The van der Waals surface area contributed by atoms with Gasteiger partial charge < -0.3 is 9.47 Å². The van der Waals surface area contributed by atoms with Crippen LogP contribution < -0.4 is 4.74 Å². The fraction of sp³-hybridized carbons (Fsp3) is 0.632. The molecule has 23 heavy (non-hydrogen) atoms. The van der Waals surface area contributed by atoms with Crippen molar-refractivity contribution in [3.05, 3.63) is 29.3 Å². The molecule has 0 N–H and O–H groups in total. The van der Waals surface area contributed by atoms with Crippen molar-refractivity contribution in [2.45, 2.75) is 38.6 Å². The molecular weight excluding hydrogens is 290 g/mol. The maximum absolute atomic E-state index is 12.1. The van der Waals surface area contributed by atoms with E-state index in [1.165, 1.54) is 18.2 Å². The van der Waals surface area contributed by atoms with E-state index in [2.05, 4.69) is 30.0 Å². The minimum absolute atomic E-state index is 0.0138. The molecule has 3 atom stereocenters. The first kappa shape index (κ1) is 16.3. The summed E-state index contributed by atoms with van der Waals surface area (Å²) in [5, 5.41) is 0. The van der Waals surface area contributed by atoms with Crippen molar-refractivity contribution in [3.63, 3.8) is 0 Å². The van der Waals surface area contributed by atoms with E-state index in [-0.39, 0.29) is 11.9 Å². The summed E-state index contributed by atoms with van der Waals surface area (Å²) < 4.78 is 10.4. The number of hydrogen-bond acceptors (Lipinski definition) is 4. The number of rotatable bonds is 4. The molecule has 1 aliphatic carbocycles. The van der Waals surface area contributed by atoms with Gasteiger partial charge in [0.1, 0.15) is 5.75 Å². The Morgan fingerprint density at radius 1 is 1.26 bits per heavy atom. The lowest BCUT2D eigenvalue weighted by atomic mass is 9.72. The van der Waals surface area contributed by atoms with Gasteiger partial charge in [0.2, 0.25) is 0 Å². The highest BCUT2D eigenvalue weighted by Gasteiger charge is 2.41. The number of methoxy groups -OCH3 is 2. The number of nitrogens with zero attached hydrogens (tertiary/aromatic N) is 1. The number of hydrogen-bond donors (Lipinski definition) is 0. The van der Waals surface area contributed by atoms with Gasteiger partial charge in [-0.2, -0.15) is 0 Å². The zero-order chi connectivity index (χ0) is 16.4. The molecule has 1 aromatic rings. The molecule has 1 aliphatic heterocycles. The van der Waals surface area contributed by atoms with Crippen LogP contribution in [0, 0.1) is 11.8 Å². The first-order valence-corrected chi connectivity index (χ1v) is 8.64. The molecule has 4 heteroatoms. The Labute approximate surface area is 138 Å². The molecule has 3 unspecified atom stereocenters. The van der Waals surface area contributed by atoms with Crippen LogP contribution in [-0.2, 0) is 22.4 Å². The van der Waals surface area contributed by atoms with E-state index in [1.807, 2.05) is 0 Å². The quantitative estimate of drug-likeness (QED) is 0.800. The zero-order valence-electron chi connectivity index (χ0n) is 14.4. The largest absolute Gasteiger partial charge is 0.497 e. The Hall–Kier alpha value is -1.55. The fourth-order valence-electron chi connectivity index (χ4n) is 4.34. The summed E-state index contributed by atoms with van der Waals surface area (Å²) in [5.41, 5.74) is 2.82. The van der Waals surface area contributed by atoms with Crippen LogP contribution in [0.3, 0.4) is 0 Å². The number of benzene rings is 1. The van der Waals surface area contributed by atoms with Crippen molar-refractivity contribution < 1.29 is 14.3 Å². The summed E-state index contributed by atoms with van der Waals surface area (Å²) in [6.07, 6.45) is 4.17. The molecule has 1 heterocycles. The van der Waals surface area contributed by atoms with Crippen molar-refractivity contribution in [1.29, 1.82) is 0 Å². The second-order valence-corrected chi connectivity index (χ2v) is 6.82. The number of piperidine rings is 1. The number of esters is 1. The van der Waals surface area contributed by atoms with Crippen molar-refractivity contribution in [2.75, 3.05) is 27.3 Å². The highest BCUT2D eigenvalue weighted by atomic mass is 16.5. The predicted molar refractivity (Wildman–Crippen MR) is 89.7 cm³/mol. The normalized spacial score (nSPS) is 27.0. The van der Waals surface area contributed by atoms with Gasteiger partial charge in [-0.15, -0.1) is 0 Å². The van der Waals surface area contributed by atoms with E-state index in [4.69, 9.17) is 9.47 Å². The molecule has 2 aliphatic rings. The number of carbonyl (C=O) groups is 1. The third-order valence-corrected chi connectivity index (χ3v) is 5.43. The predicted octanol–water partition coefficient (Wildman–Crippen LogP) is 2.68. The summed E-state index contributed by atoms with van der Waals surface area (Å²) in [6.45, 7) is 4.10. The second kappa shape index (κ2) is 6.91. The Bertz CT molecular complexity index is 572. The first-order valence-electron chi connectivity index (χ1n) is 8.64. The van der Waals surface area contributed by atoms with Crippen LogP contribution in [0.25, 0.3) is 0 Å². The van der Waals surface area contributed by atoms with Gasteiger partial charge in [-0.3, -0.25) is 9.69 Å². The smallest absolute Gasteiger partial charge is 0.309 e. The van der Waals surface area contributed by atoms with Gasteiger partial charge in [-0.05, 0) is 61.4 Å². The molecule has 1 aromatic carbocycles. The average Bonchev–Trinajstić information content (AvgIpc) is 2.59. The van der Waals surface area contributed by atoms with Crippen LogP contribution in [0.4, 0.5) is 0 Å². The lowest BCUT2D eigenvalue weighted by molar-refractivity contribution is -0.149. The van der Waals surface area contributed by atoms with Crippen molar-refractivity contribution in [3.8, 4) is 5.75 Å². The van der Waals surface area contributed by atoms with Gasteiger partial charge in [-0.25, -0.2) is 0 Å². The topological polar surface area (TPSA) is 38.8 Å². The van der Waals surface area contributed by atoms with Crippen LogP contribution in [0.5, 0.6) is 5.75 Å². The monoisotopic (exact) mass is 317 g/mol. The van der Waals surface area contributed by atoms with Crippen LogP contribution >= 0.6 is 0 Å². The van der Waals surface area contributed by atoms with Gasteiger partial charge in [0.25, 0.3) is 0 Å². The van der Waals surface area contributed by atoms with E-state index in [0.29, 0.717) is 12.0 Å². The molecule has 0 bridgehead atoms. The lowest BCUT2D eigenvalue weighted by Gasteiger charge is -2.47. The molecule has 0 saturated carbocycles. The van der Waals surface area contributed by atoms with Gasteiger partial charge in [-0.1, -0.05) is 13.0 Å². The minimum atomic E-state index is -0.0546. The van der Waals surface area contributed by atoms with Gasteiger partial charge in [0.15, 0.2) is 0 Å². The molecule has 0 spiro atoms. The molecular formula is C19H27NO3. The summed E-state index contributed by atoms with van der Waals surface area (Å²) in [5.74, 6) is 1.41. The van der Waals surface area contributed by atoms with E-state index in [1.54, 1.807) is 7.11 Å². The number of fused-ring (bicyclic) bond motifs is 2. The number of likely N-dealkylation sites (tertiary alicyclic amines) is 1.